The zero-order valence-corrected chi connectivity index (χ0v) is 22.1. The monoisotopic (exact) mass is 485 g/mol. The van der Waals surface area contributed by atoms with Gasteiger partial charge in [0.05, 0.1) is 6.61 Å². The molecule has 2 aromatic heterocycles. The second-order valence-electron chi connectivity index (χ2n) is 8.73. The molecule has 1 saturated heterocycles. The van der Waals surface area contributed by atoms with Gasteiger partial charge in [-0.05, 0) is 44.1 Å². The molecule has 3 heterocycles. The maximum absolute atomic E-state index is 9.18. The molecule has 1 fully saturated rings. The highest BCUT2D eigenvalue weighted by molar-refractivity contribution is 5.40. The minimum atomic E-state index is 0.401. The van der Waals surface area contributed by atoms with Crippen molar-refractivity contribution in [2.45, 2.75) is 59.3 Å². The SMILES string of the molecule is C=CCNCC=C.CCOC=O.Cc1ncc(C2CCN(c3cc(C(C)C(C)C)on3)CC2)cn1. The number of aryl methyl sites for hydroxylation is 1. The van der Waals surface area contributed by atoms with Crippen LogP contribution in [0.2, 0.25) is 0 Å². The number of nitrogens with one attached hydrogen (secondary N) is 1. The van der Waals surface area contributed by atoms with Gasteiger partial charge in [0.15, 0.2) is 5.82 Å². The van der Waals surface area contributed by atoms with E-state index in [0.717, 1.165) is 56.4 Å². The van der Waals surface area contributed by atoms with Crippen molar-refractivity contribution < 1.29 is 14.1 Å². The Bertz CT molecular complexity index is 835. The van der Waals surface area contributed by atoms with Gasteiger partial charge in [-0.25, -0.2) is 9.97 Å². The summed E-state index contributed by atoms with van der Waals surface area (Å²) in [6.07, 6.45) is 9.80. The molecule has 3 rings (SSSR count). The van der Waals surface area contributed by atoms with Gasteiger partial charge in [0.1, 0.15) is 11.6 Å². The van der Waals surface area contributed by atoms with Crippen LogP contribution in [-0.2, 0) is 9.53 Å². The van der Waals surface area contributed by atoms with Gasteiger partial charge >= 0.3 is 0 Å². The van der Waals surface area contributed by atoms with Crippen LogP contribution in [0.15, 0.2) is 48.3 Å². The Morgan fingerprint density at radius 1 is 1.17 bits per heavy atom. The van der Waals surface area contributed by atoms with Gasteiger partial charge in [-0.15, -0.1) is 13.2 Å². The van der Waals surface area contributed by atoms with E-state index in [1.807, 2.05) is 31.5 Å². The first kappa shape index (κ1) is 30.0. The largest absolute Gasteiger partial charge is 0.468 e. The molecule has 0 aromatic carbocycles. The second-order valence-corrected chi connectivity index (χ2v) is 8.73. The zero-order valence-electron chi connectivity index (χ0n) is 22.1. The highest BCUT2D eigenvalue weighted by Gasteiger charge is 2.24. The smallest absolute Gasteiger partial charge is 0.293 e. The van der Waals surface area contributed by atoms with E-state index in [4.69, 9.17) is 4.52 Å². The Labute approximate surface area is 210 Å². The molecule has 0 amide bonds. The molecule has 1 aliphatic heterocycles. The minimum Gasteiger partial charge on any atom is -0.468 e. The lowest BCUT2D eigenvalue weighted by Crippen LogP contribution is -2.33. The highest BCUT2D eigenvalue weighted by atomic mass is 16.5. The Morgan fingerprint density at radius 2 is 1.77 bits per heavy atom. The summed E-state index contributed by atoms with van der Waals surface area (Å²) in [5.41, 5.74) is 1.25. The molecule has 0 bridgehead atoms. The molecule has 1 aliphatic rings. The average Bonchev–Trinajstić information content (AvgIpc) is 3.36. The summed E-state index contributed by atoms with van der Waals surface area (Å²) in [5.74, 6) is 4.31. The van der Waals surface area contributed by atoms with Crippen LogP contribution in [0.25, 0.3) is 0 Å². The van der Waals surface area contributed by atoms with E-state index in [0.29, 0.717) is 30.8 Å². The van der Waals surface area contributed by atoms with E-state index in [2.05, 4.69) is 70.1 Å². The Balaban J connectivity index is 0.000000425. The van der Waals surface area contributed by atoms with Crippen molar-refractivity contribution in [1.29, 1.82) is 0 Å². The van der Waals surface area contributed by atoms with Crippen LogP contribution >= 0.6 is 0 Å². The molecule has 1 N–H and O–H groups in total. The number of anilines is 1. The fourth-order valence-electron chi connectivity index (χ4n) is 3.38. The third-order valence-corrected chi connectivity index (χ3v) is 5.87. The summed E-state index contributed by atoms with van der Waals surface area (Å²) >= 11 is 0. The molecule has 194 valence electrons. The van der Waals surface area contributed by atoms with E-state index in [9.17, 15) is 4.79 Å². The average molecular weight is 486 g/mol. The quantitative estimate of drug-likeness (QED) is 0.284. The number of carbonyl (C=O) groups excluding carboxylic acids is 1. The van der Waals surface area contributed by atoms with Gasteiger partial charge in [0.25, 0.3) is 6.47 Å². The molecule has 35 heavy (non-hydrogen) atoms. The van der Waals surface area contributed by atoms with Crippen molar-refractivity contribution in [3.63, 3.8) is 0 Å². The van der Waals surface area contributed by atoms with E-state index in [1.54, 1.807) is 6.92 Å². The molecule has 1 atom stereocenters. The maximum atomic E-state index is 9.18. The van der Waals surface area contributed by atoms with E-state index >= 15 is 0 Å². The lowest BCUT2D eigenvalue weighted by Gasteiger charge is -2.31. The number of nitrogens with zero attached hydrogens (tertiary/aromatic N) is 4. The molecule has 8 nitrogen and oxygen atoms in total. The molecule has 2 aromatic rings. The maximum Gasteiger partial charge on any atom is 0.293 e. The number of hydrogen-bond acceptors (Lipinski definition) is 8. The summed E-state index contributed by atoms with van der Waals surface area (Å²) in [5, 5.41) is 7.33. The molecule has 1 unspecified atom stereocenters. The zero-order chi connectivity index (χ0) is 26.1. The topological polar surface area (TPSA) is 93.4 Å². The van der Waals surface area contributed by atoms with Crippen LogP contribution in [-0.4, -0.2) is 54.4 Å². The lowest BCUT2D eigenvalue weighted by atomic mass is 9.91. The lowest BCUT2D eigenvalue weighted by molar-refractivity contribution is -0.128. The van der Waals surface area contributed by atoms with E-state index < -0.39 is 0 Å². The van der Waals surface area contributed by atoms with Gasteiger partial charge in [-0.1, -0.05) is 38.1 Å². The van der Waals surface area contributed by atoms with Crippen molar-refractivity contribution in [3.05, 3.63) is 60.9 Å². The van der Waals surface area contributed by atoms with Crippen LogP contribution in [0, 0.1) is 12.8 Å². The molecule has 0 aliphatic carbocycles. The Kier molecular flexibility index (Phi) is 15.0. The van der Waals surface area contributed by atoms with Crippen LogP contribution in [0.1, 0.15) is 69.5 Å². The molecule has 8 heteroatoms. The van der Waals surface area contributed by atoms with Crippen LogP contribution in [0.5, 0.6) is 0 Å². The minimum absolute atomic E-state index is 0.401. The second kappa shape index (κ2) is 17.4. The number of piperidine rings is 1. The third kappa shape index (κ3) is 11.3. The van der Waals surface area contributed by atoms with Crippen LogP contribution < -0.4 is 10.2 Å². The van der Waals surface area contributed by atoms with Crippen molar-refractivity contribution in [3.8, 4) is 0 Å². The van der Waals surface area contributed by atoms with Crippen molar-refractivity contribution in [1.82, 2.24) is 20.4 Å². The Hall–Kier alpha value is -3.00. The van der Waals surface area contributed by atoms with Crippen molar-refractivity contribution in [2.75, 3.05) is 37.7 Å². The predicted octanol–water partition coefficient (Wildman–Crippen LogP) is 5.04. The predicted molar refractivity (Wildman–Crippen MR) is 142 cm³/mol. The normalized spacial score (nSPS) is 14.2. The molecule has 0 saturated carbocycles. The highest BCUT2D eigenvalue weighted by Crippen LogP contribution is 2.31. The first-order valence-corrected chi connectivity index (χ1v) is 12.4. The summed E-state index contributed by atoms with van der Waals surface area (Å²) < 4.78 is 9.71. The van der Waals surface area contributed by atoms with Gasteiger partial charge in [-0.3, -0.25) is 4.79 Å². The number of carbonyl (C=O) groups is 1. The molecular weight excluding hydrogens is 442 g/mol. The molecule has 0 radical (unpaired) electrons. The first-order chi connectivity index (χ1) is 16.9. The van der Waals surface area contributed by atoms with Crippen molar-refractivity contribution >= 4 is 12.3 Å². The number of hydrogen-bond donors (Lipinski definition) is 1. The van der Waals surface area contributed by atoms with Crippen molar-refractivity contribution in [2.24, 2.45) is 5.92 Å². The summed E-state index contributed by atoms with van der Waals surface area (Å²) in [7, 11) is 0. The summed E-state index contributed by atoms with van der Waals surface area (Å²) in [4.78, 5) is 20.1. The first-order valence-electron chi connectivity index (χ1n) is 12.4. The van der Waals surface area contributed by atoms with Gasteiger partial charge in [0.2, 0.25) is 0 Å². The van der Waals surface area contributed by atoms with Gasteiger partial charge in [-0.2, -0.15) is 0 Å². The standard InChI is InChI=1S/C18H26N4O.C6H11N.C3H6O2/c1-12(2)13(3)17-9-18(21-23-17)22-7-5-15(6-8-22)16-10-19-14(4)20-11-16;1-3-5-7-6-4-2;1-2-5-3-4/h9-13,15H,5-8H2,1-4H3;3-4,7H,1-2,5-6H2;3H,2H2,1H3. The molecular formula is C27H43N5O3. The van der Waals surface area contributed by atoms with Crippen LogP contribution in [0.3, 0.4) is 0 Å². The van der Waals surface area contributed by atoms with Crippen LogP contribution in [0.4, 0.5) is 5.82 Å². The number of aromatic nitrogens is 3. The van der Waals surface area contributed by atoms with E-state index in [-0.39, 0.29) is 0 Å². The summed E-state index contributed by atoms with van der Waals surface area (Å²) in [6.45, 7) is 22.0. The fourth-order valence-corrected chi connectivity index (χ4v) is 3.38. The van der Waals surface area contributed by atoms with E-state index in [1.165, 1.54) is 5.56 Å². The summed E-state index contributed by atoms with van der Waals surface area (Å²) in [6, 6.07) is 2.11. The van der Waals surface area contributed by atoms with Gasteiger partial charge in [0, 0.05) is 50.6 Å². The number of rotatable bonds is 10. The molecule has 0 spiro atoms. The fraction of sp³-hybridized carbons (Fsp3) is 0.556. The number of ether oxygens (including phenoxy) is 1. The Morgan fingerprint density at radius 3 is 2.23 bits per heavy atom. The third-order valence-electron chi connectivity index (χ3n) is 5.87. The van der Waals surface area contributed by atoms with Gasteiger partial charge < -0.3 is 19.5 Å².